The van der Waals surface area contributed by atoms with Crippen molar-refractivity contribution in [2.24, 2.45) is 0 Å². The van der Waals surface area contributed by atoms with Gasteiger partial charge in [0, 0.05) is 55.3 Å². The Bertz CT molecular complexity index is 1940. The molecule has 0 saturated carbocycles. The van der Waals surface area contributed by atoms with Crippen LogP contribution >= 0.6 is 0 Å². The summed E-state index contributed by atoms with van der Waals surface area (Å²) >= 11 is 0. The third kappa shape index (κ3) is 7.59. The van der Waals surface area contributed by atoms with Crippen molar-refractivity contribution >= 4 is 23.5 Å². The Kier molecular flexibility index (Phi) is 10.4. The van der Waals surface area contributed by atoms with E-state index in [-0.39, 0.29) is 24.6 Å². The van der Waals surface area contributed by atoms with Crippen LogP contribution in [0.3, 0.4) is 0 Å². The van der Waals surface area contributed by atoms with Crippen molar-refractivity contribution in [3.05, 3.63) is 125 Å². The first-order chi connectivity index (χ1) is 24.5. The van der Waals surface area contributed by atoms with E-state index in [0.29, 0.717) is 48.0 Å². The summed E-state index contributed by atoms with van der Waals surface area (Å²) in [7, 11) is 0. The fraction of sp³-hybridized carbons (Fsp3) is 0.316. The van der Waals surface area contributed by atoms with E-state index in [1.54, 1.807) is 15.6 Å². The molecule has 4 aromatic rings. The summed E-state index contributed by atoms with van der Waals surface area (Å²) in [5.74, 6) is -1.77. The van der Waals surface area contributed by atoms with Crippen LogP contribution in [0.5, 0.6) is 0 Å². The number of nitrogens with zero attached hydrogens (tertiary/aromatic N) is 4. The number of nitrogens with one attached hydrogen (secondary N) is 2. The number of carbonyl (C=O) groups excluding carboxylic acids is 3. The summed E-state index contributed by atoms with van der Waals surface area (Å²) in [5.41, 5.74) is 2.66. The zero-order chi connectivity index (χ0) is 36.3. The lowest BCUT2D eigenvalue weighted by Gasteiger charge is -2.38. The number of aromatic nitrogens is 2. The van der Waals surface area contributed by atoms with Gasteiger partial charge in [0.15, 0.2) is 0 Å². The van der Waals surface area contributed by atoms with Crippen LogP contribution in [0.25, 0.3) is 5.69 Å². The Labute approximate surface area is 293 Å². The van der Waals surface area contributed by atoms with E-state index >= 15 is 0 Å². The molecule has 1 saturated heterocycles. The van der Waals surface area contributed by atoms with Crippen molar-refractivity contribution in [3.8, 4) is 5.69 Å². The number of rotatable bonds is 10. The number of likely N-dealkylation sites (N-methyl/N-ethyl adjacent to an activating group) is 1. The normalized spacial score (nSPS) is 17.9. The van der Waals surface area contributed by atoms with Crippen LogP contribution < -0.4 is 15.5 Å². The summed E-state index contributed by atoms with van der Waals surface area (Å²) in [4.78, 5) is 44.7. The van der Waals surface area contributed by atoms with E-state index in [1.165, 1.54) is 6.07 Å². The van der Waals surface area contributed by atoms with Gasteiger partial charge in [-0.25, -0.2) is 4.68 Å². The second kappa shape index (κ2) is 14.9. The highest BCUT2D eigenvalue weighted by Gasteiger charge is 2.45. The lowest BCUT2D eigenvalue weighted by Crippen LogP contribution is -2.55. The molecule has 2 aliphatic heterocycles. The maximum absolute atomic E-state index is 14.4. The van der Waals surface area contributed by atoms with E-state index in [0.717, 1.165) is 42.5 Å². The Balaban J connectivity index is 1.36. The predicted octanol–water partition coefficient (Wildman–Crippen LogP) is 5.00. The van der Waals surface area contributed by atoms with E-state index in [1.807, 2.05) is 62.4 Å². The molecule has 13 heteroatoms. The van der Waals surface area contributed by atoms with Crippen molar-refractivity contribution in [1.82, 2.24) is 25.3 Å². The molecule has 1 fully saturated rings. The molecule has 6 rings (SSSR count). The minimum Gasteiger partial charge on any atom is -0.379 e. The highest BCUT2D eigenvalue weighted by Crippen LogP contribution is 2.43. The molecule has 3 heterocycles. The highest BCUT2D eigenvalue weighted by molar-refractivity contribution is 6.05. The molecular weight excluding hydrogens is 661 g/mol. The molecule has 0 unspecified atom stereocenters. The molecule has 0 bridgehead atoms. The molecule has 3 amide bonds. The molecule has 1 aromatic heterocycles. The van der Waals surface area contributed by atoms with Crippen LogP contribution in [0.1, 0.15) is 51.1 Å². The number of anilines is 1. The van der Waals surface area contributed by atoms with Gasteiger partial charge in [-0.05, 0) is 55.3 Å². The number of amides is 3. The number of carbonyl (C=O) groups is 3. The summed E-state index contributed by atoms with van der Waals surface area (Å²) in [6, 6.07) is 19.6. The standard InChI is InChI=1S/C38H39F3N6O4/c1-4-46-36-31(25(3)44-47(36)30-14-6-5-7-15-30)32(33(37(46)50)43-35(49)28-12-9-13-29(21-28)38(39,40)41)27-11-8-10-26(20-27)22-42-34(48)24(2)23-45-16-18-51-19-17-45/h5-15,20-21,32-33H,2,4,16-19,22-23H2,1,3H3,(H,42,48)(H,43,49)/t32-,33+/m0/s1. The number of ether oxygens (including phenoxy) is 1. The van der Waals surface area contributed by atoms with Crippen LogP contribution in [0.2, 0.25) is 0 Å². The van der Waals surface area contributed by atoms with Gasteiger partial charge in [0.05, 0.1) is 30.2 Å². The molecule has 2 N–H and O–H groups in total. The van der Waals surface area contributed by atoms with Gasteiger partial charge in [-0.1, -0.05) is 55.1 Å². The number of benzene rings is 3. The quantitative estimate of drug-likeness (QED) is 0.226. The van der Waals surface area contributed by atoms with Crippen molar-refractivity contribution < 1.29 is 32.3 Å². The van der Waals surface area contributed by atoms with Crippen molar-refractivity contribution in [2.45, 2.75) is 38.5 Å². The third-order valence-electron chi connectivity index (χ3n) is 9.17. The first-order valence-corrected chi connectivity index (χ1v) is 16.8. The van der Waals surface area contributed by atoms with Crippen LogP contribution in [-0.4, -0.2) is 77.8 Å². The highest BCUT2D eigenvalue weighted by atomic mass is 19.4. The Morgan fingerprint density at radius 3 is 2.43 bits per heavy atom. The monoisotopic (exact) mass is 700 g/mol. The third-order valence-corrected chi connectivity index (χ3v) is 9.17. The van der Waals surface area contributed by atoms with Gasteiger partial charge in [0.1, 0.15) is 11.9 Å². The number of fused-ring (bicyclic) bond motifs is 1. The van der Waals surface area contributed by atoms with Crippen LogP contribution in [0, 0.1) is 6.92 Å². The molecule has 10 nitrogen and oxygen atoms in total. The van der Waals surface area contributed by atoms with Gasteiger partial charge in [-0.15, -0.1) is 0 Å². The number of halogens is 3. The summed E-state index contributed by atoms with van der Waals surface area (Å²) in [6.45, 7) is 11.1. The lowest BCUT2D eigenvalue weighted by molar-refractivity contribution is -0.137. The summed E-state index contributed by atoms with van der Waals surface area (Å²) < 4.78 is 47.7. The maximum Gasteiger partial charge on any atom is 0.416 e. The summed E-state index contributed by atoms with van der Waals surface area (Å²) in [6.07, 6.45) is -4.65. The van der Waals surface area contributed by atoms with Gasteiger partial charge in [0.2, 0.25) is 5.91 Å². The molecule has 2 aliphatic rings. The minimum absolute atomic E-state index is 0.174. The molecule has 51 heavy (non-hydrogen) atoms. The lowest BCUT2D eigenvalue weighted by atomic mass is 9.80. The molecule has 266 valence electrons. The average Bonchev–Trinajstić information content (AvgIpc) is 3.47. The Morgan fingerprint density at radius 1 is 1.00 bits per heavy atom. The number of aryl methyl sites for hydroxylation is 1. The zero-order valence-electron chi connectivity index (χ0n) is 28.4. The maximum atomic E-state index is 14.4. The topological polar surface area (TPSA) is 109 Å². The number of alkyl halides is 3. The summed E-state index contributed by atoms with van der Waals surface area (Å²) in [5, 5.41) is 10.6. The van der Waals surface area contributed by atoms with E-state index < -0.39 is 35.5 Å². The van der Waals surface area contributed by atoms with E-state index in [2.05, 4.69) is 22.1 Å². The minimum atomic E-state index is -4.65. The number of morpholine rings is 1. The van der Waals surface area contributed by atoms with Crippen LogP contribution in [0.15, 0.2) is 91.0 Å². The molecule has 0 aliphatic carbocycles. The van der Waals surface area contributed by atoms with Gasteiger partial charge >= 0.3 is 6.18 Å². The van der Waals surface area contributed by atoms with Crippen molar-refractivity contribution in [2.75, 3.05) is 44.3 Å². The first-order valence-electron chi connectivity index (χ1n) is 16.8. The van der Waals surface area contributed by atoms with E-state index in [9.17, 15) is 27.6 Å². The second-order valence-corrected chi connectivity index (χ2v) is 12.6. The first kappa shape index (κ1) is 35.6. The van der Waals surface area contributed by atoms with Gasteiger partial charge in [-0.3, -0.25) is 24.2 Å². The van der Waals surface area contributed by atoms with E-state index in [4.69, 9.17) is 9.84 Å². The Morgan fingerprint density at radius 2 is 1.73 bits per heavy atom. The zero-order valence-corrected chi connectivity index (χ0v) is 28.4. The predicted molar refractivity (Wildman–Crippen MR) is 186 cm³/mol. The van der Waals surface area contributed by atoms with Crippen molar-refractivity contribution in [1.29, 1.82) is 0 Å². The molecule has 0 spiro atoms. The van der Waals surface area contributed by atoms with Gasteiger partial charge in [0.25, 0.3) is 11.8 Å². The number of hydrogen-bond donors (Lipinski definition) is 2. The molecule has 2 atom stereocenters. The van der Waals surface area contributed by atoms with Gasteiger partial charge < -0.3 is 15.4 Å². The van der Waals surface area contributed by atoms with Crippen molar-refractivity contribution in [3.63, 3.8) is 0 Å². The SMILES string of the molecule is C=C(CN1CCOCC1)C(=O)NCc1cccc([C@H]2c3c(C)nn(-c4ccccc4)c3N(CC)C(=O)[C@@H]2NC(=O)c2cccc(C(F)(F)F)c2)c1. The van der Waals surface area contributed by atoms with Crippen LogP contribution in [0.4, 0.5) is 19.0 Å². The average molecular weight is 701 g/mol. The second-order valence-electron chi connectivity index (χ2n) is 12.6. The molecule has 0 radical (unpaired) electrons. The molecule has 3 aromatic carbocycles. The number of hydrogen-bond acceptors (Lipinski definition) is 6. The molecular formula is C38H39F3N6O4. The largest absolute Gasteiger partial charge is 0.416 e. The smallest absolute Gasteiger partial charge is 0.379 e. The van der Waals surface area contributed by atoms with Gasteiger partial charge in [-0.2, -0.15) is 18.3 Å². The Hall–Kier alpha value is -5.27. The fourth-order valence-electron chi connectivity index (χ4n) is 6.66. The number of para-hydroxylation sites is 1. The van der Waals surface area contributed by atoms with Crippen LogP contribution in [-0.2, 0) is 27.0 Å². The fourth-order valence-corrected chi connectivity index (χ4v) is 6.66.